The van der Waals surface area contributed by atoms with Crippen LogP contribution in [0.15, 0.2) is 59.5 Å². The van der Waals surface area contributed by atoms with E-state index in [2.05, 4.69) is 41.6 Å². The Labute approximate surface area is 190 Å². The summed E-state index contributed by atoms with van der Waals surface area (Å²) in [5, 5.41) is 9.23. The minimum atomic E-state index is -4.56. The zero-order chi connectivity index (χ0) is 23.0. The summed E-state index contributed by atoms with van der Waals surface area (Å²) < 4.78 is 36.4. The molecule has 1 N–H and O–H groups in total. The van der Waals surface area contributed by atoms with Crippen molar-refractivity contribution in [3.05, 3.63) is 60.2 Å². The molecule has 2 aromatic rings. The van der Waals surface area contributed by atoms with Gasteiger partial charge in [-0.2, -0.15) is 0 Å². The second-order valence-corrected chi connectivity index (χ2v) is 11.7. The molecule has 4 atom stereocenters. The van der Waals surface area contributed by atoms with E-state index in [9.17, 15) is 18.1 Å². The molecule has 31 heavy (non-hydrogen) atoms. The van der Waals surface area contributed by atoms with E-state index in [1.165, 1.54) is 10.5 Å². The Balaban J connectivity index is 0.000000221. The number of aromatic hydroxyl groups is 1. The lowest BCUT2D eigenvalue weighted by atomic mass is 9.75. The molecule has 0 aliphatic heterocycles. The van der Waals surface area contributed by atoms with Gasteiger partial charge in [-0.15, -0.1) is 0 Å². The molecule has 1 fully saturated rings. The van der Waals surface area contributed by atoms with Crippen LogP contribution in [0.2, 0.25) is 0 Å². The van der Waals surface area contributed by atoms with Crippen molar-refractivity contribution in [2.24, 2.45) is 17.8 Å². The molecule has 3 rings (SSSR count). The highest BCUT2D eigenvalue weighted by atomic mass is 32.3. The lowest BCUT2D eigenvalue weighted by Crippen LogP contribution is -2.35. The van der Waals surface area contributed by atoms with Crippen LogP contribution in [-0.2, 0) is 31.2 Å². The molecule has 0 amide bonds. The molecule has 2 aromatic carbocycles. The van der Waals surface area contributed by atoms with Crippen LogP contribution in [0.5, 0.6) is 5.75 Å². The third kappa shape index (κ3) is 9.23. The molecule has 1 aliphatic rings. The van der Waals surface area contributed by atoms with Gasteiger partial charge in [-0.3, -0.25) is 4.18 Å². The second kappa shape index (κ2) is 11.9. The summed E-state index contributed by atoms with van der Waals surface area (Å²) in [5.74, 6) is 2.37. The largest absolute Gasteiger partial charge is 0.726 e. The Hall–Kier alpha value is -1.54. The van der Waals surface area contributed by atoms with Gasteiger partial charge < -0.3 is 9.66 Å². The van der Waals surface area contributed by atoms with E-state index >= 15 is 0 Å². The van der Waals surface area contributed by atoms with Gasteiger partial charge in [-0.1, -0.05) is 57.5 Å². The maximum Gasteiger partial charge on any atom is 0.217 e. The van der Waals surface area contributed by atoms with E-state index in [4.69, 9.17) is 0 Å². The first kappa shape index (κ1) is 25.7. The number of hydrogen-bond acceptors (Lipinski definition) is 5. The van der Waals surface area contributed by atoms with Crippen molar-refractivity contribution >= 4 is 21.3 Å². The van der Waals surface area contributed by atoms with Crippen LogP contribution in [-0.4, -0.2) is 30.4 Å². The fourth-order valence-electron chi connectivity index (χ4n) is 3.96. The van der Waals surface area contributed by atoms with Gasteiger partial charge in [0.1, 0.15) is 17.8 Å². The third-order valence-corrected chi connectivity index (χ3v) is 7.99. The maximum atomic E-state index is 10.6. The summed E-state index contributed by atoms with van der Waals surface area (Å²) in [7, 11) is -4.37. The predicted molar refractivity (Wildman–Crippen MR) is 126 cm³/mol. The van der Waals surface area contributed by atoms with E-state index < -0.39 is 16.5 Å². The molecule has 172 valence electrons. The van der Waals surface area contributed by atoms with Gasteiger partial charge in [0, 0.05) is 16.5 Å². The molecular weight excluding hydrogens is 432 g/mol. The van der Waals surface area contributed by atoms with E-state index in [0.29, 0.717) is 24.0 Å². The first-order chi connectivity index (χ1) is 14.5. The Morgan fingerprint density at radius 1 is 1.10 bits per heavy atom. The molecule has 0 radical (unpaired) electrons. The lowest BCUT2D eigenvalue weighted by Gasteiger charge is -2.37. The average molecular weight is 467 g/mol. The molecule has 7 heteroatoms. The second-order valence-electron chi connectivity index (χ2n) is 8.63. The molecule has 0 bridgehead atoms. The highest BCUT2D eigenvalue weighted by Crippen LogP contribution is 2.35. The van der Waals surface area contributed by atoms with Gasteiger partial charge in [0.15, 0.2) is 4.90 Å². The molecular formula is C24H34O5S2. The van der Waals surface area contributed by atoms with E-state index in [0.717, 1.165) is 18.6 Å². The zero-order valence-electron chi connectivity index (χ0n) is 18.7. The third-order valence-electron chi connectivity index (χ3n) is 5.67. The van der Waals surface area contributed by atoms with Crippen molar-refractivity contribution in [1.29, 1.82) is 0 Å². The average Bonchev–Trinajstić information content (AvgIpc) is 2.68. The summed E-state index contributed by atoms with van der Waals surface area (Å²) in [6, 6.07) is 18.0. The standard InChI is InChI=1S/C14H14OS.C10H20O4S/c1-16(11-12-5-3-2-4-6-12)14-9-7-13(15)8-10-14;1-7(2)9-5-4-8(3)6-10(9)14-15(11,12)13/h2-10H,11H2,1H3;7-10H,4-6H2,1-3H3,(H,11,12,13). The normalized spacial score (nSPS) is 22.5. The quantitative estimate of drug-likeness (QED) is 0.363. The summed E-state index contributed by atoms with van der Waals surface area (Å²) in [6.07, 6.45) is 4.51. The van der Waals surface area contributed by atoms with Gasteiger partial charge in [0.2, 0.25) is 10.4 Å². The molecule has 0 spiro atoms. The van der Waals surface area contributed by atoms with Gasteiger partial charge in [-0.25, -0.2) is 8.42 Å². The monoisotopic (exact) mass is 466 g/mol. The number of phenolic OH excluding ortho intramolecular Hbond substituents is 1. The SMILES string of the molecule is CC1CCC(C(C)C)C(OS(=O)(=O)[O-])C1.C[S+](Cc1ccccc1)c1ccc(O)cc1. The molecule has 0 saturated heterocycles. The van der Waals surface area contributed by atoms with Crippen LogP contribution < -0.4 is 0 Å². The van der Waals surface area contributed by atoms with Crippen molar-refractivity contribution < 1.29 is 22.3 Å². The minimum absolute atomic E-state index is 0.185. The van der Waals surface area contributed by atoms with Crippen molar-refractivity contribution in [2.45, 2.75) is 56.8 Å². The zero-order valence-corrected chi connectivity index (χ0v) is 20.4. The number of phenols is 1. The molecule has 0 heterocycles. The first-order valence-electron chi connectivity index (χ1n) is 10.6. The molecule has 1 aliphatic carbocycles. The van der Waals surface area contributed by atoms with Crippen LogP contribution >= 0.6 is 0 Å². The Morgan fingerprint density at radius 3 is 2.26 bits per heavy atom. The Kier molecular flexibility index (Phi) is 9.88. The Bertz CT molecular complexity index is 882. The highest BCUT2D eigenvalue weighted by Gasteiger charge is 2.32. The van der Waals surface area contributed by atoms with Crippen LogP contribution in [0, 0.1) is 17.8 Å². The fourth-order valence-corrected chi connectivity index (χ4v) is 5.95. The molecule has 0 aromatic heterocycles. The molecule has 4 unspecified atom stereocenters. The van der Waals surface area contributed by atoms with Crippen LogP contribution in [0.25, 0.3) is 0 Å². The van der Waals surface area contributed by atoms with E-state index in [1.54, 1.807) is 12.1 Å². The fraction of sp³-hybridized carbons (Fsp3) is 0.500. The van der Waals surface area contributed by atoms with Gasteiger partial charge in [-0.05, 0) is 54.9 Å². The number of benzene rings is 2. The van der Waals surface area contributed by atoms with Crippen molar-refractivity contribution in [3.63, 3.8) is 0 Å². The maximum absolute atomic E-state index is 10.6. The van der Waals surface area contributed by atoms with Gasteiger partial charge in [0.25, 0.3) is 0 Å². The number of hydrogen-bond donors (Lipinski definition) is 1. The highest BCUT2D eigenvalue weighted by molar-refractivity contribution is 7.95. The predicted octanol–water partition coefficient (Wildman–Crippen LogP) is 5.12. The minimum Gasteiger partial charge on any atom is -0.726 e. The molecule has 1 saturated carbocycles. The number of rotatable bonds is 6. The van der Waals surface area contributed by atoms with Crippen LogP contribution in [0.4, 0.5) is 0 Å². The van der Waals surface area contributed by atoms with E-state index in [1.807, 2.05) is 32.0 Å². The van der Waals surface area contributed by atoms with E-state index in [-0.39, 0.29) is 16.8 Å². The van der Waals surface area contributed by atoms with Crippen molar-refractivity contribution in [1.82, 2.24) is 0 Å². The summed E-state index contributed by atoms with van der Waals surface area (Å²) in [4.78, 5) is 1.29. The van der Waals surface area contributed by atoms with Crippen LogP contribution in [0.3, 0.4) is 0 Å². The summed E-state index contributed by atoms with van der Waals surface area (Å²) in [6.45, 7) is 6.13. The van der Waals surface area contributed by atoms with Gasteiger partial charge >= 0.3 is 0 Å². The van der Waals surface area contributed by atoms with Crippen LogP contribution in [0.1, 0.15) is 45.6 Å². The summed E-state index contributed by atoms with van der Waals surface area (Å²) in [5.41, 5.74) is 1.36. The summed E-state index contributed by atoms with van der Waals surface area (Å²) >= 11 is 0. The smallest absolute Gasteiger partial charge is 0.217 e. The van der Waals surface area contributed by atoms with Crippen molar-refractivity contribution in [3.8, 4) is 5.75 Å². The topological polar surface area (TPSA) is 86.7 Å². The lowest BCUT2D eigenvalue weighted by molar-refractivity contribution is 0.0411. The first-order valence-corrected chi connectivity index (χ1v) is 13.8. The Morgan fingerprint density at radius 2 is 1.71 bits per heavy atom. The van der Waals surface area contributed by atoms with Gasteiger partial charge in [0.05, 0.1) is 6.10 Å². The van der Waals surface area contributed by atoms with Crippen molar-refractivity contribution in [2.75, 3.05) is 6.26 Å². The molecule has 5 nitrogen and oxygen atoms in total.